The van der Waals surface area contributed by atoms with E-state index in [0.717, 1.165) is 5.56 Å². The van der Waals surface area contributed by atoms with E-state index < -0.39 is 43.4 Å². The van der Waals surface area contributed by atoms with E-state index in [1.54, 1.807) is 24.3 Å². The molecule has 23 heavy (non-hydrogen) atoms. The summed E-state index contributed by atoms with van der Waals surface area (Å²) in [5, 5.41) is 13.0. The van der Waals surface area contributed by atoms with Crippen LogP contribution in [-0.4, -0.2) is 53.5 Å². The van der Waals surface area contributed by atoms with Gasteiger partial charge in [-0.1, -0.05) is 17.7 Å². The number of hydrogen-bond acceptors (Lipinski definition) is 5. The third-order valence-electron chi connectivity index (χ3n) is 2.76. The normalized spacial score (nSPS) is 9.83. The van der Waals surface area contributed by atoms with Gasteiger partial charge in [0.25, 0.3) is 0 Å². The Balaban J connectivity index is 2.74. The molecule has 0 saturated heterocycles. The summed E-state index contributed by atoms with van der Waals surface area (Å²) < 4.78 is 0. The number of aliphatic carboxylic acids is 1. The fourth-order valence-electron chi connectivity index (χ4n) is 1.58. The van der Waals surface area contributed by atoms with E-state index in [4.69, 9.17) is 10.8 Å². The van der Waals surface area contributed by atoms with E-state index in [1.165, 1.54) is 0 Å². The molecule has 0 bridgehead atoms. The number of carboxylic acids is 1. The van der Waals surface area contributed by atoms with Gasteiger partial charge in [0.2, 0.25) is 11.8 Å². The summed E-state index contributed by atoms with van der Waals surface area (Å²) in [7, 11) is 0. The Morgan fingerprint density at radius 3 is 2.30 bits per heavy atom. The van der Waals surface area contributed by atoms with Crippen molar-refractivity contribution in [2.45, 2.75) is 6.92 Å². The first kappa shape index (κ1) is 18.1. The van der Waals surface area contributed by atoms with Crippen molar-refractivity contribution >= 4 is 29.5 Å². The zero-order valence-electron chi connectivity index (χ0n) is 12.5. The molecular weight excluding hydrogens is 304 g/mol. The van der Waals surface area contributed by atoms with E-state index in [9.17, 15) is 19.2 Å². The molecule has 0 aliphatic rings. The molecule has 0 unspecified atom stereocenters. The summed E-state index contributed by atoms with van der Waals surface area (Å²) in [6.07, 6.45) is 0. The van der Waals surface area contributed by atoms with Crippen molar-refractivity contribution in [1.29, 1.82) is 0 Å². The van der Waals surface area contributed by atoms with Crippen LogP contribution in [-0.2, 0) is 14.4 Å². The number of amides is 4. The maximum atomic E-state index is 12.1. The number of rotatable bonds is 6. The number of nitrogens with zero attached hydrogens (tertiary/aromatic N) is 1. The fourth-order valence-corrected chi connectivity index (χ4v) is 1.58. The molecule has 9 nitrogen and oxygen atoms in total. The second kappa shape index (κ2) is 8.49. The molecule has 1 aromatic rings. The van der Waals surface area contributed by atoms with Crippen LogP contribution in [0.4, 0.5) is 10.5 Å². The molecule has 0 spiro atoms. The van der Waals surface area contributed by atoms with Crippen LogP contribution in [0.15, 0.2) is 24.3 Å². The lowest BCUT2D eigenvalue weighted by Crippen LogP contribution is -2.48. The number of hydrogen-bond donors (Lipinski definition) is 4. The van der Waals surface area contributed by atoms with E-state index in [2.05, 4.69) is 10.6 Å². The molecule has 0 aliphatic carbocycles. The highest BCUT2D eigenvalue weighted by atomic mass is 16.4. The number of urea groups is 1. The number of imide groups is 1. The standard InChI is InChI=1S/C14H18N4O5/c1-9-2-4-10(5-3-9)17-14(23)18(12(20)6-15)8-11(19)16-7-13(21)22/h2-5H,6-8,15H2,1H3,(H,16,19)(H,17,23)(H,21,22). The van der Waals surface area contributed by atoms with Crippen LogP contribution in [0.3, 0.4) is 0 Å². The van der Waals surface area contributed by atoms with Crippen LogP contribution >= 0.6 is 0 Å². The lowest BCUT2D eigenvalue weighted by molar-refractivity contribution is -0.138. The first-order valence-electron chi connectivity index (χ1n) is 6.70. The first-order chi connectivity index (χ1) is 10.8. The number of carbonyl (C=O) groups is 4. The molecule has 5 N–H and O–H groups in total. The van der Waals surface area contributed by atoms with Crippen molar-refractivity contribution in [3.05, 3.63) is 29.8 Å². The van der Waals surface area contributed by atoms with Crippen molar-refractivity contribution in [2.75, 3.05) is 25.0 Å². The zero-order valence-corrected chi connectivity index (χ0v) is 12.5. The number of carbonyl (C=O) groups excluding carboxylic acids is 3. The Kier molecular flexibility index (Phi) is 6.68. The molecule has 0 aliphatic heterocycles. The Morgan fingerprint density at radius 1 is 1.17 bits per heavy atom. The molecule has 4 amide bonds. The number of nitrogens with two attached hydrogens (primary N) is 1. The van der Waals surface area contributed by atoms with Crippen molar-refractivity contribution in [1.82, 2.24) is 10.2 Å². The van der Waals surface area contributed by atoms with Crippen molar-refractivity contribution in [3.8, 4) is 0 Å². The minimum Gasteiger partial charge on any atom is -0.480 e. The quantitative estimate of drug-likeness (QED) is 0.557. The second-order valence-corrected chi connectivity index (χ2v) is 4.65. The maximum Gasteiger partial charge on any atom is 0.329 e. The smallest absolute Gasteiger partial charge is 0.329 e. The van der Waals surface area contributed by atoms with Gasteiger partial charge in [0, 0.05) is 5.69 Å². The summed E-state index contributed by atoms with van der Waals surface area (Å²) in [5.41, 5.74) is 6.66. The molecule has 0 saturated carbocycles. The van der Waals surface area contributed by atoms with Gasteiger partial charge in [-0.15, -0.1) is 0 Å². The third kappa shape index (κ3) is 6.14. The minimum absolute atomic E-state index is 0.446. The maximum absolute atomic E-state index is 12.1. The SMILES string of the molecule is Cc1ccc(NC(=O)N(CC(=O)NCC(=O)O)C(=O)CN)cc1. The Hall–Kier alpha value is -2.94. The van der Waals surface area contributed by atoms with Gasteiger partial charge in [0.1, 0.15) is 13.1 Å². The lowest BCUT2D eigenvalue weighted by atomic mass is 10.2. The van der Waals surface area contributed by atoms with Crippen LogP contribution in [0.1, 0.15) is 5.56 Å². The molecule has 9 heteroatoms. The monoisotopic (exact) mass is 322 g/mol. The number of benzene rings is 1. The predicted octanol–water partition coefficient (Wildman–Crippen LogP) is -0.485. The molecule has 124 valence electrons. The molecule has 1 rings (SSSR count). The summed E-state index contributed by atoms with van der Waals surface area (Å²) in [6, 6.07) is 6.00. The second-order valence-electron chi connectivity index (χ2n) is 4.65. The highest BCUT2D eigenvalue weighted by Crippen LogP contribution is 2.09. The van der Waals surface area contributed by atoms with E-state index in [0.29, 0.717) is 10.6 Å². The third-order valence-corrected chi connectivity index (χ3v) is 2.76. The van der Waals surface area contributed by atoms with Crippen LogP contribution in [0.2, 0.25) is 0 Å². The van der Waals surface area contributed by atoms with Crippen molar-refractivity contribution in [3.63, 3.8) is 0 Å². The fraction of sp³-hybridized carbons (Fsp3) is 0.286. The zero-order chi connectivity index (χ0) is 17.4. The van der Waals surface area contributed by atoms with Crippen molar-refractivity contribution < 1.29 is 24.3 Å². The van der Waals surface area contributed by atoms with Crippen LogP contribution in [0.5, 0.6) is 0 Å². The predicted molar refractivity (Wildman–Crippen MR) is 81.6 cm³/mol. The molecular formula is C14H18N4O5. The largest absolute Gasteiger partial charge is 0.480 e. The van der Waals surface area contributed by atoms with Gasteiger partial charge in [-0.2, -0.15) is 0 Å². The van der Waals surface area contributed by atoms with Crippen molar-refractivity contribution in [2.24, 2.45) is 5.73 Å². The molecule has 0 fully saturated rings. The Morgan fingerprint density at radius 2 is 1.78 bits per heavy atom. The number of aryl methyl sites for hydroxylation is 1. The first-order valence-corrected chi connectivity index (χ1v) is 6.70. The van der Waals surface area contributed by atoms with Crippen LogP contribution in [0, 0.1) is 6.92 Å². The van der Waals surface area contributed by atoms with Gasteiger partial charge in [0.15, 0.2) is 0 Å². The van der Waals surface area contributed by atoms with E-state index >= 15 is 0 Å². The lowest BCUT2D eigenvalue weighted by Gasteiger charge is -2.20. The van der Waals surface area contributed by atoms with Crippen LogP contribution in [0.25, 0.3) is 0 Å². The minimum atomic E-state index is -1.24. The highest BCUT2D eigenvalue weighted by molar-refractivity contribution is 6.04. The van der Waals surface area contributed by atoms with Gasteiger partial charge < -0.3 is 21.5 Å². The molecule has 0 atom stereocenters. The highest BCUT2D eigenvalue weighted by Gasteiger charge is 2.23. The van der Waals surface area contributed by atoms with Gasteiger partial charge in [0.05, 0.1) is 6.54 Å². The Labute approximate surface area is 132 Å². The molecule has 1 aromatic carbocycles. The van der Waals surface area contributed by atoms with E-state index in [1.807, 2.05) is 6.92 Å². The molecule has 0 heterocycles. The molecule has 0 aromatic heterocycles. The average Bonchev–Trinajstić information content (AvgIpc) is 2.52. The average molecular weight is 322 g/mol. The Bertz CT molecular complexity index is 600. The number of carboxylic acid groups (broad SMARTS) is 1. The summed E-state index contributed by atoms with van der Waals surface area (Å²) in [6.45, 7) is 0.181. The topological polar surface area (TPSA) is 142 Å². The molecule has 0 radical (unpaired) electrons. The summed E-state index contributed by atoms with van der Waals surface area (Å²) in [5.74, 6) is -2.78. The van der Waals surface area contributed by atoms with Crippen LogP contribution < -0.4 is 16.4 Å². The van der Waals surface area contributed by atoms with E-state index in [-0.39, 0.29) is 0 Å². The summed E-state index contributed by atoms with van der Waals surface area (Å²) in [4.78, 5) is 46.4. The van der Waals surface area contributed by atoms with Gasteiger partial charge in [-0.3, -0.25) is 19.3 Å². The van der Waals surface area contributed by atoms with Gasteiger partial charge >= 0.3 is 12.0 Å². The summed E-state index contributed by atoms with van der Waals surface area (Å²) >= 11 is 0. The van der Waals surface area contributed by atoms with Gasteiger partial charge in [-0.05, 0) is 19.1 Å². The number of anilines is 1. The number of nitrogens with one attached hydrogen (secondary N) is 2. The van der Waals surface area contributed by atoms with Gasteiger partial charge in [-0.25, -0.2) is 4.79 Å².